The number of ether oxygens (including phenoxy) is 2. The summed E-state index contributed by atoms with van der Waals surface area (Å²) in [7, 11) is 3.07. The summed E-state index contributed by atoms with van der Waals surface area (Å²) in [6.45, 7) is 0. The monoisotopic (exact) mass is 276 g/mol. The van der Waals surface area contributed by atoms with Crippen molar-refractivity contribution in [1.82, 2.24) is 0 Å². The van der Waals surface area contributed by atoms with E-state index in [1.54, 1.807) is 13.4 Å². The van der Waals surface area contributed by atoms with Crippen LogP contribution >= 0.6 is 0 Å². The van der Waals surface area contributed by atoms with Gasteiger partial charge in [0.05, 0.1) is 26.0 Å². The average Bonchev–Trinajstić information content (AvgIpc) is 2.50. The number of rotatable bonds is 9. The van der Waals surface area contributed by atoms with Gasteiger partial charge in [-0.3, -0.25) is 0 Å². The third-order valence-electron chi connectivity index (χ3n) is 3.19. The number of carbonyl (C=O) groups excluding carboxylic acids is 1. The molecule has 0 spiro atoms. The normalized spacial score (nSPS) is 10.7. The fraction of sp³-hybridized carbons (Fsp3) is 0.471. The standard InChI is InChI=1S/C17H24O3/c1-19-14-8-6-4-3-5-7-9-15-10-12-16(13-11-15)17(18)20-2/h8,10-14H,3-7,9H2,1-2H3. The maximum Gasteiger partial charge on any atom is 0.337 e. The van der Waals surface area contributed by atoms with Crippen LogP contribution in [0.4, 0.5) is 0 Å². The van der Waals surface area contributed by atoms with E-state index in [0.29, 0.717) is 5.56 Å². The van der Waals surface area contributed by atoms with Gasteiger partial charge in [-0.15, -0.1) is 0 Å². The Balaban J connectivity index is 2.16. The van der Waals surface area contributed by atoms with E-state index in [9.17, 15) is 4.79 Å². The Morgan fingerprint density at radius 1 is 1.05 bits per heavy atom. The van der Waals surface area contributed by atoms with E-state index in [0.717, 1.165) is 12.8 Å². The summed E-state index contributed by atoms with van der Waals surface area (Å²) in [5.41, 5.74) is 1.89. The van der Waals surface area contributed by atoms with Gasteiger partial charge in [-0.2, -0.15) is 0 Å². The fourth-order valence-electron chi connectivity index (χ4n) is 2.03. The number of hydrogen-bond donors (Lipinski definition) is 0. The van der Waals surface area contributed by atoms with Crippen LogP contribution in [0.1, 0.15) is 48.0 Å². The van der Waals surface area contributed by atoms with Crippen LogP contribution < -0.4 is 0 Å². The lowest BCUT2D eigenvalue weighted by molar-refractivity contribution is 0.0600. The number of benzene rings is 1. The summed E-state index contributed by atoms with van der Waals surface area (Å²) < 4.78 is 9.52. The minimum absolute atomic E-state index is 0.277. The number of esters is 1. The predicted octanol–water partition coefficient (Wildman–Crippen LogP) is 4.13. The van der Waals surface area contributed by atoms with Crippen molar-refractivity contribution in [2.24, 2.45) is 0 Å². The Morgan fingerprint density at radius 3 is 2.40 bits per heavy atom. The van der Waals surface area contributed by atoms with E-state index >= 15 is 0 Å². The lowest BCUT2D eigenvalue weighted by Crippen LogP contribution is -2.00. The second-order valence-corrected chi connectivity index (χ2v) is 4.75. The number of aryl methyl sites for hydroxylation is 1. The molecule has 1 aromatic carbocycles. The van der Waals surface area contributed by atoms with Gasteiger partial charge in [-0.1, -0.05) is 25.0 Å². The van der Waals surface area contributed by atoms with Gasteiger partial charge in [0.15, 0.2) is 0 Å². The highest BCUT2D eigenvalue weighted by Crippen LogP contribution is 2.11. The van der Waals surface area contributed by atoms with Crippen LogP contribution in [0.2, 0.25) is 0 Å². The molecule has 0 aromatic heterocycles. The van der Waals surface area contributed by atoms with Gasteiger partial charge in [0.2, 0.25) is 0 Å². The Hall–Kier alpha value is -1.77. The van der Waals surface area contributed by atoms with Gasteiger partial charge >= 0.3 is 5.97 Å². The maximum absolute atomic E-state index is 11.3. The van der Waals surface area contributed by atoms with Crippen molar-refractivity contribution in [3.8, 4) is 0 Å². The van der Waals surface area contributed by atoms with Crippen LogP contribution in [0.25, 0.3) is 0 Å². The van der Waals surface area contributed by atoms with E-state index in [1.807, 2.05) is 24.3 Å². The smallest absolute Gasteiger partial charge is 0.337 e. The molecule has 0 saturated heterocycles. The molecule has 0 fully saturated rings. The van der Waals surface area contributed by atoms with Crippen molar-refractivity contribution in [2.75, 3.05) is 14.2 Å². The first-order chi connectivity index (χ1) is 9.77. The van der Waals surface area contributed by atoms with Crippen LogP contribution in [0.15, 0.2) is 36.6 Å². The molecule has 110 valence electrons. The minimum Gasteiger partial charge on any atom is -0.505 e. The molecule has 0 saturated carbocycles. The van der Waals surface area contributed by atoms with E-state index in [4.69, 9.17) is 4.74 Å². The van der Waals surface area contributed by atoms with Crippen LogP contribution in [0.3, 0.4) is 0 Å². The topological polar surface area (TPSA) is 35.5 Å². The molecule has 0 heterocycles. The predicted molar refractivity (Wildman–Crippen MR) is 80.7 cm³/mol. The number of allylic oxidation sites excluding steroid dienone is 1. The molecule has 0 radical (unpaired) electrons. The van der Waals surface area contributed by atoms with Crippen molar-refractivity contribution in [3.63, 3.8) is 0 Å². The lowest BCUT2D eigenvalue weighted by Gasteiger charge is -2.03. The first-order valence-corrected chi connectivity index (χ1v) is 7.13. The minimum atomic E-state index is -0.277. The van der Waals surface area contributed by atoms with Gasteiger partial charge < -0.3 is 9.47 Å². The van der Waals surface area contributed by atoms with E-state index in [-0.39, 0.29) is 5.97 Å². The zero-order valence-corrected chi connectivity index (χ0v) is 12.4. The number of hydrogen-bond acceptors (Lipinski definition) is 3. The highest BCUT2D eigenvalue weighted by molar-refractivity contribution is 5.89. The average molecular weight is 276 g/mol. The molecule has 1 aromatic rings. The van der Waals surface area contributed by atoms with Crippen molar-refractivity contribution in [1.29, 1.82) is 0 Å². The summed E-state index contributed by atoms with van der Waals surface area (Å²) in [4.78, 5) is 11.3. The molecule has 3 heteroatoms. The second kappa shape index (κ2) is 10.1. The van der Waals surface area contributed by atoms with Crippen molar-refractivity contribution < 1.29 is 14.3 Å². The third-order valence-corrected chi connectivity index (χ3v) is 3.19. The van der Waals surface area contributed by atoms with E-state index < -0.39 is 0 Å². The molecule has 0 aliphatic heterocycles. The third kappa shape index (κ3) is 6.41. The van der Waals surface area contributed by atoms with E-state index in [1.165, 1.54) is 38.4 Å². The molecule has 0 aliphatic rings. The Bertz CT molecular complexity index is 407. The molecule has 0 bridgehead atoms. The number of carbonyl (C=O) groups is 1. The summed E-state index contributed by atoms with van der Waals surface area (Å²) >= 11 is 0. The van der Waals surface area contributed by atoms with Crippen LogP contribution in [0, 0.1) is 0 Å². The Labute approximate surface area is 121 Å². The van der Waals surface area contributed by atoms with Gasteiger partial charge in [-0.05, 0) is 49.5 Å². The van der Waals surface area contributed by atoms with Crippen molar-refractivity contribution >= 4 is 5.97 Å². The summed E-state index contributed by atoms with van der Waals surface area (Å²) in [5, 5.41) is 0. The highest BCUT2D eigenvalue weighted by Gasteiger charge is 2.03. The molecule has 0 amide bonds. The number of methoxy groups -OCH3 is 2. The second-order valence-electron chi connectivity index (χ2n) is 4.75. The molecule has 0 unspecified atom stereocenters. The van der Waals surface area contributed by atoms with Gasteiger partial charge in [-0.25, -0.2) is 4.79 Å². The fourth-order valence-corrected chi connectivity index (χ4v) is 2.03. The highest BCUT2D eigenvalue weighted by atomic mass is 16.5. The van der Waals surface area contributed by atoms with Gasteiger partial charge in [0.25, 0.3) is 0 Å². The first-order valence-electron chi connectivity index (χ1n) is 7.13. The van der Waals surface area contributed by atoms with Crippen LogP contribution in [-0.2, 0) is 15.9 Å². The molecule has 3 nitrogen and oxygen atoms in total. The molecular formula is C17H24O3. The number of unbranched alkanes of at least 4 members (excludes halogenated alkanes) is 4. The zero-order chi connectivity index (χ0) is 14.6. The van der Waals surface area contributed by atoms with Gasteiger partial charge in [0.1, 0.15) is 0 Å². The van der Waals surface area contributed by atoms with Crippen LogP contribution in [0.5, 0.6) is 0 Å². The largest absolute Gasteiger partial charge is 0.505 e. The van der Waals surface area contributed by atoms with Crippen molar-refractivity contribution in [2.45, 2.75) is 38.5 Å². The molecule has 0 atom stereocenters. The molecule has 1 rings (SSSR count). The first kappa shape index (κ1) is 16.3. The summed E-state index contributed by atoms with van der Waals surface area (Å²) in [6.07, 6.45) is 10.8. The summed E-state index contributed by atoms with van der Waals surface area (Å²) in [5.74, 6) is -0.277. The molecule has 0 N–H and O–H groups in total. The quantitative estimate of drug-likeness (QED) is 0.386. The van der Waals surface area contributed by atoms with Gasteiger partial charge in [0, 0.05) is 0 Å². The molecule has 0 aliphatic carbocycles. The Morgan fingerprint density at radius 2 is 1.75 bits per heavy atom. The maximum atomic E-state index is 11.3. The molecular weight excluding hydrogens is 252 g/mol. The lowest BCUT2D eigenvalue weighted by atomic mass is 10.0. The van der Waals surface area contributed by atoms with E-state index in [2.05, 4.69) is 10.8 Å². The Kier molecular flexibility index (Phi) is 8.20. The SMILES string of the molecule is COC=CCCCCCCc1ccc(C(=O)OC)cc1. The zero-order valence-electron chi connectivity index (χ0n) is 12.4. The van der Waals surface area contributed by atoms with Crippen LogP contribution in [-0.4, -0.2) is 20.2 Å². The van der Waals surface area contributed by atoms with Crippen molar-refractivity contribution in [3.05, 3.63) is 47.7 Å². The molecule has 20 heavy (non-hydrogen) atoms. The summed E-state index contributed by atoms with van der Waals surface area (Å²) in [6, 6.07) is 7.68.